The lowest BCUT2D eigenvalue weighted by Gasteiger charge is -2.51. The second kappa shape index (κ2) is 5.53. The van der Waals surface area contributed by atoms with E-state index in [1.54, 1.807) is 12.1 Å². The van der Waals surface area contributed by atoms with Crippen LogP contribution in [0.4, 0.5) is 4.39 Å². The van der Waals surface area contributed by atoms with Gasteiger partial charge in [0.2, 0.25) is 5.91 Å². The number of benzene rings is 1. The van der Waals surface area contributed by atoms with Gasteiger partial charge in [-0.1, -0.05) is 12.1 Å². The molecule has 4 fully saturated rings. The lowest BCUT2D eigenvalue weighted by Crippen LogP contribution is -2.66. The van der Waals surface area contributed by atoms with Gasteiger partial charge in [-0.05, 0) is 48.8 Å². The van der Waals surface area contributed by atoms with E-state index in [-0.39, 0.29) is 11.9 Å². The van der Waals surface area contributed by atoms with Crippen LogP contribution in [-0.2, 0) is 9.53 Å². The minimum absolute atomic E-state index is 0.0356. The van der Waals surface area contributed by atoms with Crippen molar-refractivity contribution in [2.45, 2.75) is 31.4 Å². The van der Waals surface area contributed by atoms with Crippen LogP contribution in [0, 0.1) is 23.6 Å². The fraction of sp³-hybridized carbons (Fsp3) is 0.632. The predicted molar refractivity (Wildman–Crippen MR) is 86.5 cm³/mol. The van der Waals surface area contributed by atoms with Crippen LogP contribution in [0.3, 0.4) is 0 Å². The summed E-state index contributed by atoms with van der Waals surface area (Å²) in [6.07, 6.45) is 3.79. The van der Waals surface area contributed by atoms with Crippen LogP contribution in [0.5, 0.6) is 0 Å². The lowest BCUT2D eigenvalue weighted by atomic mass is 9.76. The molecule has 0 radical (unpaired) electrons. The highest BCUT2D eigenvalue weighted by atomic mass is 19.1. The average Bonchev–Trinajstić information content (AvgIpc) is 3.19. The number of carbonyl (C=O) groups excluding carboxylic acids is 1. The molecule has 128 valence electrons. The molecule has 2 bridgehead atoms. The van der Waals surface area contributed by atoms with E-state index in [4.69, 9.17) is 4.74 Å². The van der Waals surface area contributed by atoms with E-state index in [1.165, 1.54) is 31.4 Å². The third kappa shape index (κ3) is 2.21. The summed E-state index contributed by atoms with van der Waals surface area (Å²) in [7, 11) is 0. The standard InChI is InChI=1S/C19H23FN2O2/c20-15-5-3-12(4-6-15)16-10-21(7-8-24-16)11-22-18-14-2-1-13(9-14)17(18)19(22)23/h3-6,13-14,16-18H,1-2,7-11H2/t13-,14-,16-,17+,18-/m0/s1. The molecule has 1 aromatic rings. The number of hydrogen-bond acceptors (Lipinski definition) is 3. The van der Waals surface area contributed by atoms with Crippen molar-refractivity contribution >= 4 is 5.91 Å². The topological polar surface area (TPSA) is 32.8 Å². The lowest BCUT2D eigenvalue weighted by molar-refractivity contribution is -0.168. The smallest absolute Gasteiger partial charge is 0.229 e. The molecule has 0 spiro atoms. The van der Waals surface area contributed by atoms with Crippen LogP contribution in [-0.4, -0.2) is 48.1 Å². The molecule has 2 aliphatic heterocycles. The first kappa shape index (κ1) is 14.8. The van der Waals surface area contributed by atoms with Crippen molar-refractivity contribution in [3.05, 3.63) is 35.6 Å². The quantitative estimate of drug-likeness (QED) is 0.798. The highest BCUT2D eigenvalue weighted by Crippen LogP contribution is 2.56. The van der Waals surface area contributed by atoms with Gasteiger partial charge in [0.15, 0.2) is 0 Å². The van der Waals surface area contributed by atoms with E-state index >= 15 is 0 Å². The number of carbonyl (C=O) groups is 1. The normalized spacial score (nSPS) is 38.3. The van der Waals surface area contributed by atoms with Crippen LogP contribution in [0.25, 0.3) is 0 Å². The van der Waals surface area contributed by atoms with Gasteiger partial charge in [-0.25, -0.2) is 4.39 Å². The molecule has 5 heteroatoms. The number of amides is 1. The zero-order valence-electron chi connectivity index (χ0n) is 13.7. The number of fused-ring (bicyclic) bond motifs is 5. The Morgan fingerprint density at radius 3 is 2.79 bits per heavy atom. The zero-order chi connectivity index (χ0) is 16.3. The Morgan fingerprint density at radius 1 is 1.17 bits per heavy atom. The SMILES string of the molecule is O=C1[C@@H]2[C@H]3CC[C@@H](C3)[C@@H]2N1CN1CCO[C@H](c2ccc(F)cc2)C1. The van der Waals surface area contributed by atoms with Gasteiger partial charge in [0.05, 0.1) is 25.3 Å². The van der Waals surface area contributed by atoms with Gasteiger partial charge in [0.1, 0.15) is 5.82 Å². The summed E-state index contributed by atoms with van der Waals surface area (Å²) in [4.78, 5) is 17.0. The molecule has 0 aromatic heterocycles. The first-order valence-electron chi connectivity index (χ1n) is 9.10. The van der Waals surface area contributed by atoms with Crippen molar-refractivity contribution in [3.63, 3.8) is 0 Å². The second-order valence-electron chi connectivity index (χ2n) is 7.79. The number of morpholine rings is 1. The highest BCUT2D eigenvalue weighted by Gasteiger charge is 2.61. The van der Waals surface area contributed by atoms with E-state index in [0.717, 1.165) is 31.2 Å². The predicted octanol–water partition coefficient (Wildman–Crippen LogP) is 2.41. The van der Waals surface area contributed by atoms with E-state index in [9.17, 15) is 9.18 Å². The Labute approximate surface area is 141 Å². The number of likely N-dealkylation sites (tertiary alicyclic amines) is 1. The van der Waals surface area contributed by atoms with Gasteiger partial charge < -0.3 is 9.64 Å². The fourth-order valence-corrected chi connectivity index (χ4v) is 5.40. The summed E-state index contributed by atoms with van der Waals surface area (Å²) in [6.45, 7) is 3.00. The number of halogens is 1. The molecular formula is C19H23FN2O2. The summed E-state index contributed by atoms with van der Waals surface area (Å²) in [6, 6.07) is 7.06. The summed E-state index contributed by atoms with van der Waals surface area (Å²) in [5.41, 5.74) is 1.01. The summed E-state index contributed by atoms with van der Waals surface area (Å²) < 4.78 is 19.0. The van der Waals surface area contributed by atoms with Gasteiger partial charge in [0, 0.05) is 19.1 Å². The molecule has 0 unspecified atom stereocenters. The largest absolute Gasteiger partial charge is 0.371 e. The number of nitrogens with zero attached hydrogens (tertiary/aromatic N) is 2. The van der Waals surface area contributed by atoms with Crippen molar-refractivity contribution in [1.29, 1.82) is 0 Å². The monoisotopic (exact) mass is 330 g/mol. The molecular weight excluding hydrogens is 307 g/mol. The van der Waals surface area contributed by atoms with Crippen molar-refractivity contribution in [3.8, 4) is 0 Å². The Morgan fingerprint density at radius 2 is 1.96 bits per heavy atom. The first-order valence-corrected chi connectivity index (χ1v) is 9.10. The molecule has 0 N–H and O–H groups in total. The van der Waals surface area contributed by atoms with Gasteiger partial charge in [-0.3, -0.25) is 9.69 Å². The zero-order valence-corrected chi connectivity index (χ0v) is 13.7. The molecule has 4 nitrogen and oxygen atoms in total. The van der Waals surface area contributed by atoms with E-state index < -0.39 is 0 Å². The first-order chi connectivity index (χ1) is 11.7. The van der Waals surface area contributed by atoms with Crippen molar-refractivity contribution in [1.82, 2.24) is 9.80 Å². The highest BCUT2D eigenvalue weighted by molar-refractivity contribution is 5.87. The summed E-state index contributed by atoms with van der Waals surface area (Å²) in [5.74, 6) is 1.89. The van der Waals surface area contributed by atoms with Gasteiger partial charge in [-0.2, -0.15) is 0 Å². The van der Waals surface area contributed by atoms with Gasteiger partial charge in [-0.15, -0.1) is 0 Å². The molecule has 5 rings (SSSR count). The van der Waals surface area contributed by atoms with Crippen LogP contribution in [0.2, 0.25) is 0 Å². The molecule has 2 saturated carbocycles. The molecule has 1 amide bonds. The maximum Gasteiger partial charge on any atom is 0.229 e. The van der Waals surface area contributed by atoms with Gasteiger partial charge >= 0.3 is 0 Å². The minimum Gasteiger partial charge on any atom is -0.371 e. The molecule has 1 aromatic carbocycles. The Balaban J connectivity index is 1.25. The summed E-state index contributed by atoms with van der Waals surface area (Å²) in [5, 5.41) is 0. The third-order valence-corrected chi connectivity index (χ3v) is 6.55. The maximum absolute atomic E-state index is 13.1. The Hall–Kier alpha value is -1.46. The van der Waals surface area contributed by atoms with Crippen molar-refractivity contribution < 1.29 is 13.9 Å². The second-order valence-corrected chi connectivity index (χ2v) is 7.79. The van der Waals surface area contributed by atoms with E-state index in [1.807, 2.05) is 0 Å². The number of rotatable bonds is 3. The van der Waals surface area contributed by atoms with Gasteiger partial charge in [0.25, 0.3) is 0 Å². The van der Waals surface area contributed by atoms with Crippen LogP contribution < -0.4 is 0 Å². The van der Waals surface area contributed by atoms with Crippen LogP contribution in [0.15, 0.2) is 24.3 Å². The third-order valence-electron chi connectivity index (χ3n) is 6.55. The van der Waals surface area contributed by atoms with Crippen molar-refractivity contribution in [2.24, 2.45) is 17.8 Å². The molecule has 4 aliphatic rings. The molecule has 5 atom stereocenters. The van der Waals surface area contributed by atoms with Crippen LogP contribution >= 0.6 is 0 Å². The molecule has 24 heavy (non-hydrogen) atoms. The number of hydrogen-bond donors (Lipinski definition) is 0. The fourth-order valence-electron chi connectivity index (χ4n) is 5.40. The molecule has 2 aliphatic carbocycles. The Kier molecular flexibility index (Phi) is 3.42. The molecule has 2 heterocycles. The van der Waals surface area contributed by atoms with E-state index in [0.29, 0.717) is 30.4 Å². The van der Waals surface area contributed by atoms with Crippen molar-refractivity contribution in [2.75, 3.05) is 26.4 Å². The van der Waals surface area contributed by atoms with Crippen LogP contribution in [0.1, 0.15) is 30.9 Å². The number of β-lactam (4-membered cyclic amide) rings is 1. The average molecular weight is 330 g/mol. The summed E-state index contributed by atoms with van der Waals surface area (Å²) >= 11 is 0. The van der Waals surface area contributed by atoms with E-state index in [2.05, 4.69) is 9.80 Å². The Bertz CT molecular complexity index is 649. The minimum atomic E-state index is -0.222. The maximum atomic E-state index is 13.1. The molecule has 2 saturated heterocycles. The number of ether oxygens (including phenoxy) is 1.